The van der Waals surface area contributed by atoms with Crippen molar-refractivity contribution in [3.05, 3.63) is 58.7 Å². The number of fused-ring (bicyclic) bond motifs is 1. The molecule has 27 heavy (non-hydrogen) atoms. The lowest BCUT2D eigenvalue weighted by atomic mass is 9.98. The van der Waals surface area contributed by atoms with Crippen molar-refractivity contribution in [2.24, 2.45) is 0 Å². The fourth-order valence-corrected chi connectivity index (χ4v) is 2.96. The lowest BCUT2D eigenvalue weighted by Crippen LogP contribution is -2.06. The van der Waals surface area contributed by atoms with Crippen LogP contribution in [0, 0.1) is 19.7 Å². The molecule has 2 heterocycles. The van der Waals surface area contributed by atoms with Crippen molar-refractivity contribution < 1.29 is 19.1 Å². The Hall–Kier alpha value is -3.02. The van der Waals surface area contributed by atoms with E-state index >= 15 is 0 Å². The zero-order valence-corrected chi connectivity index (χ0v) is 16.1. The maximum absolute atomic E-state index is 14.7. The molecule has 6 heteroatoms. The van der Waals surface area contributed by atoms with Gasteiger partial charge >= 0.3 is 5.97 Å². The second-order valence-electron chi connectivity index (χ2n) is 6.12. The Labute approximate surface area is 157 Å². The summed E-state index contributed by atoms with van der Waals surface area (Å²) in [6, 6.07) is 6.42. The third-order valence-corrected chi connectivity index (χ3v) is 4.13. The Kier molecular flexibility index (Phi) is 6.10. The molecule has 0 aliphatic carbocycles. The van der Waals surface area contributed by atoms with Crippen molar-refractivity contribution in [2.45, 2.75) is 41.0 Å². The van der Waals surface area contributed by atoms with E-state index < -0.39 is 11.8 Å². The van der Waals surface area contributed by atoms with Gasteiger partial charge in [0.15, 0.2) is 5.78 Å². The summed E-state index contributed by atoms with van der Waals surface area (Å²) in [5.41, 5.74) is 3.26. The van der Waals surface area contributed by atoms with Crippen molar-refractivity contribution in [3.8, 4) is 11.3 Å². The van der Waals surface area contributed by atoms with Crippen LogP contribution in [0.5, 0.6) is 0 Å². The van der Waals surface area contributed by atoms with E-state index in [1.54, 1.807) is 23.6 Å². The van der Waals surface area contributed by atoms with Crippen LogP contribution in [-0.4, -0.2) is 26.2 Å². The van der Waals surface area contributed by atoms with E-state index in [1.165, 1.54) is 13.0 Å². The third-order valence-electron chi connectivity index (χ3n) is 4.13. The number of carboxylic acids is 1. The number of aromatic nitrogens is 2. The van der Waals surface area contributed by atoms with E-state index in [2.05, 4.69) is 4.98 Å². The van der Waals surface area contributed by atoms with Crippen LogP contribution in [0.25, 0.3) is 16.9 Å². The largest absolute Gasteiger partial charge is 0.481 e. The molecule has 0 bridgehead atoms. The SMILES string of the molecule is CC.CC(=O)c1cc(C)c(-c2nc3cc(C)ccn3c2CC(=O)O)c(F)c1. The molecule has 1 N–H and O–H groups in total. The number of halogens is 1. The Bertz CT molecular complexity index is 999. The first-order valence-corrected chi connectivity index (χ1v) is 8.78. The van der Waals surface area contributed by atoms with E-state index in [-0.39, 0.29) is 29.0 Å². The van der Waals surface area contributed by atoms with Gasteiger partial charge in [-0.25, -0.2) is 9.37 Å². The molecule has 0 radical (unpaired) electrons. The van der Waals surface area contributed by atoms with Gasteiger partial charge in [0.25, 0.3) is 0 Å². The van der Waals surface area contributed by atoms with Crippen LogP contribution >= 0.6 is 0 Å². The number of ketones is 1. The lowest BCUT2D eigenvalue weighted by Gasteiger charge is -2.09. The van der Waals surface area contributed by atoms with Gasteiger partial charge in [-0.3, -0.25) is 9.59 Å². The summed E-state index contributed by atoms with van der Waals surface area (Å²) in [5, 5.41) is 9.25. The van der Waals surface area contributed by atoms with Crippen LogP contribution in [0.2, 0.25) is 0 Å². The lowest BCUT2D eigenvalue weighted by molar-refractivity contribution is -0.136. The molecule has 3 rings (SSSR count). The van der Waals surface area contributed by atoms with Crippen LogP contribution in [0.1, 0.15) is 48.0 Å². The topological polar surface area (TPSA) is 71.7 Å². The molecular formula is C21H23FN2O3. The van der Waals surface area contributed by atoms with Crippen LogP contribution in [-0.2, 0) is 11.2 Å². The van der Waals surface area contributed by atoms with Crippen molar-refractivity contribution in [1.29, 1.82) is 0 Å². The number of Topliss-reactive ketones (excluding diaryl/α,β-unsaturated/α-hetero) is 1. The Balaban J connectivity index is 0.00000126. The molecule has 0 amide bonds. The molecule has 3 aromatic rings. The fraction of sp³-hybridized carbons (Fsp3) is 0.286. The molecule has 5 nitrogen and oxygen atoms in total. The van der Waals surface area contributed by atoms with Crippen molar-refractivity contribution in [3.63, 3.8) is 0 Å². The van der Waals surface area contributed by atoms with Gasteiger partial charge in [-0.15, -0.1) is 0 Å². The Morgan fingerprint density at radius 2 is 1.85 bits per heavy atom. The van der Waals surface area contributed by atoms with E-state index in [4.69, 9.17) is 0 Å². The van der Waals surface area contributed by atoms with E-state index in [0.717, 1.165) is 5.56 Å². The molecule has 0 saturated heterocycles. The summed E-state index contributed by atoms with van der Waals surface area (Å²) >= 11 is 0. The number of rotatable bonds is 4. The molecule has 0 aliphatic rings. The average Bonchev–Trinajstić information content (AvgIpc) is 2.92. The molecule has 0 aliphatic heterocycles. The minimum atomic E-state index is -1.03. The van der Waals surface area contributed by atoms with E-state index in [9.17, 15) is 19.1 Å². The molecule has 0 atom stereocenters. The number of imidazole rings is 1. The number of aliphatic carboxylic acids is 1. The first-order valence-electron chi connectivity index (χ1n) is 8.78. The second-order valence-corrected chi connectivity index (χ2v) is 6.12. The van der Waals surface area contributed by atoms with Crippen LogP contribution in [0.15, 0.2) is 30.5 Å². The first kappa shape index (κ1) is 20.3. The highest BCUT2D eigenvalue weighted by molar-refractivity contribution is 5.95. The van der Waals surface area contributed by atoms with Crippen LogP contribution < -0.4 is 0 Å². The highest BCUT2D eigenvalue weighted by Gasteiger charge is 2.22. The summed E-state index contributed by atoms with van der Waals surface area (Å²) in [6.45, 7) is 8.96. The summed E-state index contributed by atoms with van der Waals surface area (Å²) in [4.78, 5) is 27.3. The maximum Gasteiger partial charge on any atom is 0.309 e. The molecule has 142 valence electrons. The van der Waals surface area contributed by atoms with Gasteiger partial charge in [0.2, 0.25) is 0 Å². The number of nitrogens with zero attached hydrogens (tertiary/aromatic N) is 2. The van der Waals surface area contributed by atoms with Gasteiger partial charge in [-0.2, -0.15) is 0 Å². The predicted octanol–water partition coefficient (Wildman–Crippen LogP) is 4.61. The number of carboxylic acid groups (broad SMARTS) is 1. The second kappa shape index (κ2) is 8.12. The Morgan fingerprint density at radius 3 is 2.41 bits per heavy atom. The van der Waals surface area contributed by atoms with E-state index in [0.29, 0.717) is 16.9 Å². The summed E-state index contributed by atoms with van der Waals surface area (Å²) in [7, 11) is 0. The minimum absolute atomic E-state index is 0.225. The monoisotopic (exact) mass is 370 g/mol. The molecular weight excluding hydrogens is 347 g/mol. The number of hydrogen-bond acceptors (Lipinski definition) is 3. The molecule has 2 aromatic heterocycles. The van der Waals surface area contributed by atoms with Crippen LogP contribution in [0.3, 0.4) is 0 Å². The molecule has 0 fully saturated rings. The fourth-order valence-electron chi connectivity index (χ4n) is 2.96. The van der Waals surface area contributed by atoms with Crippen LogP contribution in [0.4, 0.5) is 4.39 Å². The van der Waals surface area contributed by atoms with Crippen molar-refractivity contribution in [2.75, 3.05) is 0 Å². The number of benzene rings is 1. The van der Waals surface area contributed by atoms with E-state index in [1.807, 2.05) is 32.9 Å². The van der Waals surface area contributed by atoms with Crippen molar-refractivity contribution in [1.82, 2.24) is 9.38 Å². The number of aryl methyl sites for hydroxylation is 2. The predicted molar refractivity (Wildman–Crippen MR) is 103 cm³/mol. The average molecular weight is 370 g/mol. The van der Waals surface area contributed by atoms with Gasteiger partial charge in [0.1, 0.15) is 11.5 Å². The number of pyridine rings is 1. The zero-order chi connectivity index (χ0) is 20.3. The van der Waals surface area contributed by atoms with Gasteiger partial charge in [0, 0.05) is 17.3 Å². The molecule has 0 spiro atoms. The summed E-state index contributed by atoms with van der Waals surface area (Å²) in [5.74, 6) is -1.84. The summed E-state index contributed by atoms with van der Waals surface area (Å²) < 4.78 is 16.4. The number of carbonyl (C=O) groups excluding carboxylic acids is 1. The van der Waals surface area contributed by atoms with Gasteiger partial charge in [0.05, 0.1) is 17.8 Å². The van der Waals surface area contributed by atoms with Crippen molar-refractivity contribution >= 4 is 17.4 Å². The molecule has 1 aromatic carbocycles. The van der Waals surface area contributed by atoms with Gasteiger partial charge in [-0.05, 0) is 56.2 Å². The number of hydrogen-bond donors (Lipinski definition) is 1. The van der Waals surface area contributed by atoms with Gasteiger partial charge in [-0.1, -0.05) is 13.8 Å². The highest BCUT2D eigenvalue weighted by Crippen LogP contribution is 2.31. The first-order chi connectivity index (χ1) is 12.8. The highest BCUT2D eigenvalue weighted by atomic mass is 19.1. The van der Waals surface area contributed by atoms with Gasteiger partial charge < -0.3 is 9.51 Å². The Morgan fingerprint density at radius 1 is 1.19 bits per heavy atom. The summed E-state index contributed by atoms with van der Waals surface area (Å²) in [6.07, 6.45) is 1.45. The normalized spacial score (nSPS) is 10.4. The third kappa shape index (κ3) is 4.05. The number of carbonyl (C=O) groups is 2. The zero-order valence-electron chi connectivity index (χ0n) is 16.1. The standard InChI is InChI=1S/C19H17FN2O3.C2H6/c1-10-4-5-22-15(9-17(24)25)19(21-16(22)6-10)18-11(2)7-13(12(3)23)8-14(18)20;1-2/h4-8H,9H2,1-3H3,(H,24,25);1-2H3. The minimum Gasteiger partial charge on any atom is -0.481 e. The molecule has 0 saturated carbocycles. The quantitative estimate of drug-likeness (QED) is 0.681. The molecule has 0 unspecified atom stereocenters. The maximum atomic E-state index is 14.7. The smallest absolute Gasteiger partial charge is 0.309 e.